The number of benzene rings is 1. The van der Waals surface area contributed by atoms with Crippen molar-refractivity contribution in [3.05, 3.63) is 47.4 Å². The quantitative estimate of drug-likeness (QED) is 0.243. The number of likely N-dealkylation sites (tertiary alicyclic amines) is 1. The number of carbonyl (C=O) groups is 3. The number of ether oxygens (including phenoxy) is 2. The van der Waals surface area contributed by atoms with E-state index in [-0.39, 0.29) is 37.6 Å². The summed E-state index contributed by atoms with van der Waals surface area (Å²) < 4.78 is 11.0. The van der Waals surface area contributed by atoms with Crippen LogP contribution < -0.4 is 15.8 Å². The van der Waals surface area contributed by atoms with Crippen LogP contribution in [-0.4, -0.2) is 109 Å². The molecule has 1 aromatic carbocycles. The van der Waals surface area contributed by atoms with Gasteiger partial charge in [0.05, 0.1) is 31.0 Å². The van der Waals surface area contributed by atoms with E-state index in [2.05, 4.69) is 20.0 Å². The molecule has 0 aliphatic carbocycles. The number of hydrogen-bond donors (Lipinski definition) is 2. The van der Waals surface area contributed by atoms with Crippen molar-refractivity contribution in [2.24, 2.45) is 5.73 Å². The Morgan fingerprint density at radius 3 is 2.72 bits per heavy atom. The summed E-state index contributed by atoms with van der Waals surface area (Å²) in [6.45, 7) is 12.0. The van der Waals surface area contributed by atoms with E-state index in [0.29, 0.717) is 54.9 Å². The van der Waals surface area contributed by atoms with Gasteiger partial charge in [-0.3, -0.25) is 34.0 Å². The fourth-order valence-electron chi connectivity index (χ4n) is 4.88. The van der Waals surface area contributed by atoms with Crippen LogP contribution in [0.2, 0.25) is 0 Å². The highest BCUT2D eigenvalue weighted by molar-refractivity contribution is 6.07. The number of amides is 3. The zero-order chi connectivity index (χ0) is 27.6. The number of piperazine rings is 1. The number of nitrogens with one attached hydrogen (secondary N) is 1. The van der Waals surface area contributed by atoms with Crippen LogP contribution in [0.1, 0.15) is 29.6 Å². The molecule has 12 heteroatoms. The molecule has 1 atom stereocenters. The van der Waals surface area contributed by atoms with Crippen LogP contribution in [0.25, 0.3) is 15.7 Å². The summed E-state index contributed by atoms with van der Waals surface area (Å²) in [7, 11) is 0. The number of carbonyl (C=O) groups excluding carboxylic acids is 3. The number of nitrogens with zero attached hydrogens (tertiary/aromatic N) is 5. The molecule has 0 radical (unpaired) electrons. The van der Waals surface area contributed by atoms with Crippen LogP contribution in [0, 0.1) is 6.57 Å². The molecule has 2 aliphatic rings. The van der Waals surface area contributed by atoms with Crippen LogP contribution in [0.3, 0.4) is 0 Å². The van der Waals surface area contributed by atoms with Gasteiger partial charge in [-0.15, -0.1) is 0 Å². The Morgan fingerprint density at radius 1 is 1.13 bits per heavy atom. The minimum Gasteiger partial charge on any atom is -0.494 e. The molecule has 1 unspecified atom stereocenters. The molecule has 2 saturated heterocycles. The zero-order valence-corrected chi connectivity index (χ0v) is 22.0. The van der Waals surface area contributed by atoms with Gasteiger partial charge in [-0.1, -0.05) is 0 Å². The number of rotatable bonds is 11. The van der Waals surface area contributed by atoms with E-state index < -0.39 is 6.17 Å². The third-order valence-corrected chi connectivity index (χ3v) is 7.00. The van der Waals surface area contributed by atoms with Gasteiger partial charge in [-0.25, -0.2) is 6.57 Å². The Hall–Kier alpha value is -3.79. The standard InChI is InChI=1S/C27H35N7O5/c1-29-24-4-2-10-34(24)25(35)17-31-27(37)21-7-8-30-23-6-5-20(16-22(21)23)39-15-3-9-32-11-13-33(14-12-32)26(36)18-38-19-28/h5-8,16,24H,2-4,9-15,17-19,28H2,(H,31,37). The van der Waals surface area contributed by atoms with E-state index in [1.54, 1.807) is 23.2 Å². The highest BCUT2D eigenvalue weighted by Gasteiger charge is 2.32. The molecule has 0 bridgehead atoms. The number of pyridine rings is 1. The molecule has 39 heavy (non-hydrogen) atoms. The molecular formula is C27H35N7O5. The minimum atomic E-state index is -0.439. The van der Waals surface area contributed by atoms with Gasteiger partial charge in [0.25, 0.3) is 5.91 Å². The van der Waals surface area contributed by atoms with E-state index in [1.165, 1.54) is 4.90 Å². The molecule has 208 valence electrons. The first-order chi connectivity index (χ1) is 19.0. The summed E-state index contributed by atoms with van der Waals surface area (Å²) in [5, 5.41) is 3.33. The normalized spacial score (nSPS) is 17.7. The van der Waals surface area contributed by atoms with E-state index in [4.69, 9.17) is 21.8 Å². The molecule has 1 aromatic heterocycles. The molecular weight excluding hydrogens is 502 g/mol. The van der Waals surface area contributed by atoms with Crippen LogP contribution >= 0.6 is 0 Å². The first-order valence-corrected chi connectivity index (χ1v) is 13.2. The van der Waals surface area contributed by atoms with Crippen molar-refractivity contribution in [2.75, 3.05) is 65.8 Å². The summed E-state index contributed by atoms with van der Waals surface area (Å²) >= 11 is 0. The molecule has 2 aromatic rings. The van der Waals surface area contributed by atoms with Gasteiger partial charge in [0.1, 0.15) is 12.4 Å². The fraction of sp³-hybridized carbons (Fsp3) is 0.519. The number of hydrogen-bond acceptors (Lipinski definition) is 8. The predicted molar refractivity (Wildman–Crippen MR) is 144 cm³/mol. The van der Waals surface area contributed by atoms with E-state index in [1.807, 2.05) is 12.1 Å². The van der Waals surface area contributed by atoms with Gasteiger partial charge in [-0.2, -0.15) is 0 Å². The molecule has 3 heterocycles. The maximum absolute atomic E-state index is 12.9. The monoisotopic (exact) mass is 537 g/mol. The average molecular weight is 538 g/mol. The maximum Gasteiger partial charge on any atom is 0.300 e. The van der Waals surface area contributed by atoms with Gasteiger partial charge in [0, 0.05) is 57.3 Å². The first kappa shape index (κ1) is 28.2. The second-order valence-electron chi connectivity index (χ2n) is 9.50. The lowest BCUT2D eigenvalue weighted by Crippen LogP contribution is -2.50. The number of nitrogens with two attached hydrogens (primary N) is 1. The van der Waals surface area contributed by atoms with Gasteiger partial charge in [0.2, 0.25) is 11.8 Å². The van der Waals surface area contributed by atoms with Crippen LogP contribution in [0.15, 0.2) is 30.5 Å². The second-order valence-corrected chi connectivity index (χ2v) is 9.50. The third-order valence-electron chi connectivity index (χ3n) is 7.00. The largest absolute Gasteiger partial charge is 0.494 e. The van der Waals surface area contributed by atoms with E-state index >= 15 is 0 Å². The fourth-order valence-corrected chi connectivity index (χ4v) is 4.88. The van der Waals surface area contributed by atoms with Crippen molar-refractivity contribution in [3.8, 4) is 5.75 Å². The van der Waals surface area contributed by atoms with Gasteiger partial charge in [-0.05, 0) is 37.1 Å². The lowest BCUT2D eigenvalue weighted by atomic mass is 10.1. The summed E-state index contributed by atoms with van der Waals surface area (Å²) in [6.07, 6.45) is 3.41. The molecule has 3 amide bonds. The van der Waals surface area contributed by atoms with Crippen molar-refractivity contribution in [1.82, 2.24) is 25.0 Å². The van der Waals surface area contributed by atoms with Crippen molar-refractivity contribution >= 4 is 28.6 Å². The summed E-state index contributed by atoms with van der Waals surface area (Å²) in [5.74, 6) is -0.0290. The lowest BCUT2D eigenvalue weighted by molar-refractivity contribution is -0.137. The first-order valence-electron chi connectivity index (χ1n) is 13.2. The Morgan fingerprint density at radius 2 is 1.95 bits per heavy atom. The SMILES string of the molecule is [C-]#[N+]C1CCCN1C(=O)CNC(=O)c1ccnc2ccc(OCCCN3CCN(C(=O)COCN)CC3)cc12. The van der Waals surface area contributed by atoms with E-state index in [9.17, 15) is 14.4 Å². The maximum atomic E-state index is 12.9. The van der Waals surface area contributed by atoms with E-state index in [0.717, 1.165) is 32.5 Å². The van der Waals surface area contributed by atoms with Gasteiger partial charge in [0.15, 0.2) is 0 Å². The summed E-state index contributed by atoms with van der Waals surface area (Å²) in [4.78, 5) is 51.0. The topological polar surface area (TPSA) is 135 Å². The molecule has 0 spiro atoms. The Balaban J connectivity index is 1.25. The highest BCUT2D eigenvalue weighted by atomic mass is 16.5. The molecule has 3 N–H and O–H groups in total. The third kappa shape index (κ3) is 7.41. The smallest absolute Gasteiger partial charge is 0.300 e. The molecule has 4 rings (SSSR count). The lowest BCUT2D eigenvalue weighted by Gasteiger charge is -2.34. The number of aromatic nitrogens is 1. The Kier molecular flexibility index (Phi) is 10.0. The summed E-state index contributed by atoms with van der Waals surface area (Å²) in [5.41, 5.74) is 6.34. The molecule has 2 aliphatic heterocycles. The van der Waals surface area contributed by atoms with Crippen LogP contribution in [0.5, 0.6) is 5.75 Å². The van der Waals surface area contributed by atoms with Crippen molar-refractivity contribution in [1.29, 1.82) is 0 Å². The molecule has 12 nitrogen and oxygen atoms in total. The Labute approximate surface area is 227 Å². The van der Waals surface area contributed by atoms with Crippen molar-refractivity contribution in [2.45, 2.75) is 25.4 Å². The highest BCUT2D eigenvalue weighted by Crippen LogP contribution is 2.23. The van der Waals surface area contributed by atoms with Crippen molar-refractivity contribution < 1.29 is 23.9 Å². The average Bonchev–Trinajstić information content (AvgIpc) is 3.46. The number of fused-ring (bicyclic) bond motifs is 1. The van der Waals surface area contributed by atoms with Gasteiger partial charge >= 0.3 is 6.17 Å². The molecule has 0 saturated carbocycles. The predicted octanol–water partition coefficient (Wildman–Crippen LogP) is 0.678. The van der Waals surface area contributed by atoms with Crippen molar-refractivity contribution in [3.63, 3.8) is 0 Å². The zero-order valence-electron chi connectivity index (χ0n) is 22.0. The van der Waals surface area contributed by atoms with Crippen LogP contribution in [0.4, 0.5) is 0 Å². The molecule has 2 fully saturated rings. The second kappa shape index (κ2) is 13.8. The van der Waals surface area contributed by atoms with Crippen LogP contribution in [-0.2, 0) is 14.3 Å². The summed E-state index contributed by atoms with van der Waals surface area (Å²) in [6, 6.07) is 7.05. The minimum absolute atomic E-state index is 0.0232. The Bertz CT molecular complexity index is 1210. The van der Waals surface area contributed by atoms with Gasteiger partial charge < -0.3 is 25.4 Å².